The summed E-state index contributed by atoms with van der Waals surface area (Å²) in [5.41, 5.74) is 0.546. The molecule has 8 heteroatoms. The standard InChI is InChI=1S/C19H20FN3O3S/c1-3-23(4-2)27(25,26)17-7-5-6-15(12-17)19(24)22-18(13-21)14-8-10-16(20)11-9-14/h5-12,18H,3-4H2,1-2H3,(H,22,24)/t18-/m1/s1. The van der Waals surface area contributed by atoms with Gasteiger partial charge in [-0.05, 0) is 35.9 Å². The topological polar surface area (TPSA) is 90.3 Å². The molecule has 0 saturated carbocycles. The van der Waals surface area contributed by atoms with Crippen LogP contribution in [0.25, 0.3) is 0 Å². The lowest BCUT2D eigenvalue weighted by molar-refractivity contribution is 0.0945. The summed E-state index contributed by atoms with van der Waals surface area (Å²) < 4.78 is 39.5. The molecule has 1 atom stereocenters. The van der Waals surface area contributed by atoms with Gasteiger partial charge in [0, 0.05) is 18.7 Å². The highest BCUT2D eigenvalue weighted by Gasteiger charge is 2.23. The number of nitriles is 1. The smallest absolute Gasteiger partial charge is 0.252 e. The van der Waals surface area contributed by atoms with Crippen molar-refractivity contribution in [1.29, 1.82) is 5.26 Å². The van der Waals surface area contributed by atoms with Gasteiger partial charge in [-0.2, -0.15) is 9.57 Å². The molecule has 0 aliphatic carbocycles. The van der Waals surface area contributed by atoms with Crippen molar-refractivity contribution in [2.24, 2.45) is 0 Å². The number of halogens is 1. The number of hydrogen-bond donors (Lipinski definition) is 1. The Morgan fingerprint density at radius 2 is 1.81 bits per heavy atom. The minimum Gasteiger partial charge on any atom is -0.333 e. The molecular formula is C19H20FN3O3S. The van der Waals surface area contributed by atoms with E-state index in [-0.39, 0.29) is 10.5 Å². The Kier molecular flexibility index (Phi) is 6.66. The van der Waals surface area contributed by atoms with E-state index in [4.69, 9.17) is 0 Å². The monoisotopic (exact) mass is 389 g/mol. The normalized spacial score (nSPS) is 12.4. The second-order valence-electron chi connectivity index (χ2n) is 5.70. The summed E-state index contributed by atoms with van der Waals surface area (Å²) in [5.74, 6) is -1.04. The van der Waals surface area contributed by atoms with Gasteiger partial charge in [0.15, 0.2) is 0 Å². The second-order valence-corrected chi connectivity index (χ2v) is 7.64. The van der Waals surface area contributed by atoms with Gasteiger partial charge in [0.05, 0.1) is 11.0 Å². The SMILES string of the molecule is CCN(CC)S(=O)(=O)c1cccc(C(=O)N[C@H](C#N)c2ccc(F)cc2)c1. The molecule has 0 aromatic heterocycles. The van der Waals surface area contributed by atoms with Gasteiger partial charge >= 0.3 is 0 Å². The average Bonchev–Trinajstić information content (AvgIpc) is 2.67. The predicted molar refractivity (Wildman–Crippen MR) is 98.8 cm³/mol. The van der Waals surface area contributed by atoms with Crippen LogP contribution in [0.5, 0.6) is 0 Å². The molecule has 0 fully saturated rings. The van der Waals surface area contributed by atoms with Gasteiger partial charge in [-0.1, -0.05) is 32.0 Å². The molecule has 1 N–H and O–H groups in total. The summed E-state index contributed by atoms with van der Waals surface area (Å²) in [6.45, 7) is 4.10. The Morgan fingerprint density at radius 3 is 2.37 bits per heavy atom. The lowest BCUT2D eigenvalue weighted by Gasteiger charge is -2.19. The Hall–Kier alpha value is -2.76. The van der Waals surface area contributed by atoms with E-state index in [0.29, 0.717) is 18.7 Å². The van der Waals surface area contributed by atoms with Crippen LogP contribution in [0.2, 0.25) is 0 Å². The zero-order valence-electron chi connectivity index (χ0n) is 15.0. The van der Waals surface area contributed by atoms with Crippen LogP contribution in [0.15, 0.2) is 53.4 Å². The molecule has 0 unspecified atom stereocenters. The first-order valence-electron chi connectivity index (χ1n) is 8.39. The zero-order chi connectivity index (χ0) is 20.0. The first-order chi connectivity index (χ1) is 12.8. The van der Waals surface area contributed by atoms with Crippen LogP contribution in [0, 0.1) is 17.1 Å². The molecule has 2 rings (SSSR count). The Balaban J connectivity index is 2.27. The second kappa shape index (κ2) is 8.75. The lowest BCUT2D eigenvalue weighted by Crippen LogP contribution is -2.31. The highest BCUT2D eigenvalue weighted by atomic mass is 32.2. The average molecular weight is 389 g/mol. The van der Waals surface area contributed by atoms with Crippen LogP contribution in [0.4, 0.5) is 4.39 Å². The minimum atomic E-state index is -3.70. The van der Waals surface area contributed by atoms with E-state index in [1.165, 1.54) is 52.8 Å². The number of amides is 1. The van der Waals surface area contributed by atoms with Crippen LogP contribution >= 0.6 is 0 Å². The molecule has 0 saturated heterocycles. The molecule has 0 heterocycles. The van der Waals surface area contributed by atoms with E-state index in [1.807, 2.05) is 6.07 Å². The summed E-state index contributed by atoms with van der Waals surface area (Å²) in [7, 11) is -3.70. The van der Waals surface area contributed by atoms with Crippen molar-refractivity contribution in [3.05, 3.63) is 65.5 Å². The quantitative estimate of drug-likeness (QED) is 0.788. The van der Waals surface area contributed by atoms with E-state index in [9.17, 15) is 22.9 Å². The number of nitrogens with zero attached hydrogens (tertiary/aromatic N) is 2. The number of benzene rings is 2. The largest absolute Gasteiger partial charge is 0.333 e. The summed E-state index contributed by atoms with van der Waals surface area (Å²) in [6, 6.07) is 11.8. The molecule has 6 nitrogen and oxygen atoms in total. The molecule has 0 radical (unpaired) electrons. The highest BCUT2D eigenvalue weighted by molar-refractivity contribution is 7.89. The Bertz CT molecular complexity index is 949. The fourth-order valence-corrected chi connectivity index (χ4v) is 4.07. The number of nitrogens with one attached hydrogen (secondary N) is 1. The maximum atomic E-state index is 13.0. The van der Waals surface area contributed by atoms with Crippen LogP contribution in [-0.4, -0.2) is 31.7 Å². The maximum absolute atomic E-state index is 13.0. The van der Waals surface area contributed by atoms with Crippen molar-refractivity contribution in [1.82, 2.24) is 9.62 Å². The molecule has 27 heavy (non-hydrogen) atoms. The summed E-state index contributed by atoms with van der Waals surface area (Å²) >= 11 is 0. The Labute approximate surface area is 158 Å². The van der Waals surface area contributed by atoms with Gasteiger partial charge in [-0.25, -0.2) is 12.8 Å². The molecular weight excluding hydrogens is 369 g/mol. The summed E-state index contributed by atoms with van der Waals surface area (Å²) in [4.78, 5) is 12.5. The van der Waals surface area contributed by atoms with E-state index in [2.05, 4.69) is 5.32 Å². The first-order valence-corrected chi connectivity index (χ1v) is 9.83. The third kappa shape index (κ3) is 4.70. The van der Waals surface area contributed by atoms with Crippen LogP contribution in [-0.2, 0) is 10.0 Å². The van der Waals surface area contributed by atoms with Gasteiger partial charge in [0.25, 0.3) is 5.91 Å². The van der Waals surface area contributed by atoms with E-state index < -0.39 is 27.8 Å². The number of rotatable bonds is 7. The highest BCUT2D eigenvalue weighted by Crippen LogP contribution is 2.18. The predicted octanol–water partition coefficient (Wildman–Crippen LogP) is 2.85. The maximum Gasteiger partial charge on any atom is 0.252 e. The van der Waals surface area contributed by atoms with Gasteiger partial charge in [0.1, 0.15) is 11.9 Å². The molecule has 2 aromatic rings. The van der Waals surface area contributed by atoms with E-state index in [0.717, 1.165) is 0 Å². The van der Waals surface area contributed by atoms with Gasteiger partial charge in [-0.15, -0.1) is 0 Å². The summed E-state index contributed by atoms with van der Waals surface area (Å²) in [5, 5.41) is 11.8. The van der Waals surface area contributed by atoms with Crippen molar-refractivity contribution in [3.63, 3.8) is 0 Å². The molecule has 2 aromatic carbocycles. The third-order valence-electron chi connectivity index (χ3n) is 4.05. The number of carbonyl (C=O) groups is 1. The van der Waals surface area contributed by atoms with Crippen molar-refractivity contribution >= 4 is 15.9 Å². The fraction of sp³-hybridized carbons (Fsp3) is 0.263. The van der Waals surface area contributed by atoms with Gasteiger partial charge < -0.3 is 5.32 Å². The van der Waals surface area contributed by atoms with E-state index in [1.54, 1.807) is 13.8 Å². The van der Waals surface area contributed by atoms with Gasteiger partial charge in [-0.3, -0.25) is 4.79 Å². The molecule has 1 amide bonds. The van der Waals surface area contributed by atoms with E-state index >= 15 is 0 Å². The number of sulfonamides is 1. The lowest BCUT2D eigenvalue weighted by atomic mass is 10.1. The van der Waals surface area contributed by atoms with Gasteiger partial charge in [0.2, 0.25) is 10.0 Å². The van der Waals surface area contributed by atoms with Crippen molar-refractivity contribution < 1.29 is 17.6 Å². The summed E-state index contributed by atoms with van der Waals surface area (Å²) in [6.07, 6.45) is 0. The van der Waals surface area contributed by atoms with Crippen molar-refractivity contribution in [3.8, 4) is 6.07 Å². The molecule has 0 aliphatic rings. The van der Waals surface area contributed by atoms with Crippen LogP contribution < -0.4 is 5.32 Å². The molecule has 0 aliphatic heterocycles. The van der Waals surface area contributed by atoms with Crippen molar-refractivity contribution in [2.75, 3.05) is 13.1 Å². The number of carbonyl (C=O) groups excluding carboxylic acids is 1. The van der Waals surface area contributed by atoms with Crippen molar-refractivity contribution in [2.45, 2.75) is 24.8 Å². The third-order valence-corrected chi connectivity index (χ3v) is 6.09. The number of hydrogen-bond acceptors (Lipinski definition) is 4. The molecule has 0 spiro atoms. The molecule has 0 bridgehead atoms. The zero-order valence-corrected chi connectivity index (χ0v) is 15.8. The van der Waals surface area contributed by atoms with Crippen LogP contribution in [0.3, 0.4) is 0 Å². The molecule has 142 valence electrons. The van der Waals surface area contributed by atoms with Crippen LogP contribution in [0.1, 0.15) is 35.8 Å². The minimum absolute atomic E-state index is 0.00846. The first kappa shape index (κ1) is 20.6. The Morgan fingerprint density at radius 1 is 1.19 bits per heavy atom. The fourth-order valence-electron chi connectivity index (χ4n) is 2.57.